The lowest BCUT2D eigenvalue weighted by molar-refractivity contribution is -0.112. The van der Waals surface area contributed by atoms with Gasteiger partial charge in [0.1, 0.15) is 0 Å². The molecule has 4 N–H and O–H groups in total. The minimum absolute atomic E-state index is 0.0162. The summed E-state index contributed by atoms with van der Waals surface area (Å²) in [5.41, 5.74) is 5.66. The average Bonchev–Trinajstić information content (AvgIpc) is 3.03. The standard InChI is InChI=1S/C22H18ClN5O3S2/c23-15-6-11-18-19(12-15)28(13-14-4-2-1-3-5-14)21(29)20(18)26-27-22(32)25-16-7-9-17(10-8-16)33(24,30)31/h1-12H,13H2,(H2,24,30,31)(H2,25,27,32). The van der Waals surface area contributed by atoms with Crippen molar-refractivity contribution in [3.8, 4) is 0 Å². The van der Waals surface area contributed by atoms with Crippen LogP contribution in [-0.2, 0) is 21.4 Å². The summed E-state index contributed by atoms with van der Waals surface area (Å²) >= 11 is 11.4. The number of thiocarbonyl (C=S) groups is 1. The molecule has 1 aliphatic rings. The molecule has 0 spiro atoms. The molecule has 168 valence electrons. The number of hydrogen-bond donors (Lipinski definition) is 3. The molecule has 0 bridgehead atoms. The lowest BCUT2D eigenvalue weighted by Crippen LogP contribution is -2.32. The van der Waals surface area contributed by atoms with Crippen LogP contribution in [0, 0.1) is 0 Å². The smallest absolute Gasteiger partial charge is 0.279 e. The molecule has 1 aliphatic heterocycles. The summed E-state index contributed by atoms with van der Waals surface area (Å²) in [7, 11) is -3.78. The van der Waals surface area contributed by atoms with Gasteiger partial charge in [-0.1, -0.05) is 41.9 Å². The Morgan fingerprint density at radius 2 is 1.76 bits per heavy atom. The topological polar surface area (TPSA) is 117 Å². The van der Waals surface area contributed by atoms with Crippen LogP contribution in [0.5, 0.6) is 0 Å². The molecule has 0 saturated heterocycles. The summed E-state index contributed by atoms with van der Waals surface area (Å²) in [6, 6.07) is 20.5. The van der Waals surface area contributed by atoms with Gasteiger partial charge in [-0.3, -0.25) is 10.2 Å². The Bertz CT molecular complexity index is 1360. The number of hydrogen-bond acceptors (Lipinski definition) is 5. The van der Waals surface area contributed by atoms with Crippen molar-refractivity contribution in [1.29, 1.82) is 0 Å². The molecule has 8 nitrogen and oxygen atoms in total. The Morgan fingerprint density at radius 3 is 2.42 bits per heavy atom. The van der Waals surface area contributed by atoms with Gasteiger partial charge in [0, 0.05) is 16.3 Å². The summed E-state index contributed by atoms with van der Waals surface area (Å²) in [6.07, 6.45) is 0. The van der Waals surface area contributed by atoms with Gasteiger partial charge in [-0.15, -0.1) is 0 Å². The Kier molecular flexibility index (Phi) is 6.43. The van der Waals surface area contributed by atoms with E-state index in [1.807, 2.05) is 30.3 Å². The van der Waals surface area contributed by atoms with E-state index in [0.29, 0.717) is 28.5 Å². The zero-order valence-electron chi connectivity index (χ0n) is 17.0. The van der Waals surface area contributed by atoms with Crippen LogP contribution >= 0.6 is 23.8 Å². The number of carbonyl (C=O) groups excluding carboxylic acids is 1. The van der Waals surface area contributed by atoms with Crippen LogP contribution in [-0.4, -0.2) is 25.1 Å². The van der Waals surface area contributed by atoms with Crippen molar-refractivity contribution in [2.24, 2.45) is 10.2 Å². The normalized spacial score (nSPS) is 14.3. The van der Waals surface area contributed by atoms with Gasteiger partial charge in [-0.2, -0.15) is 5.10 Å². The molecule has 0 aromatic heterocycles. The van der Waals surface area contributed by atoms with Crippen molar-refractivity contribution >= 4 is 61.9 Å². The summed E-state index contributed by atoms with van der Waals surface area (Å²) < 4.78 is 22.7. The number of carbonyl (C=O) groups is 1. The maximum atomic E-state index is 13.2. The molecular formula is C22H18ClN5O3S2. The van der Waals surface area contributed by atoms with Crippen molar-refractivity contribution < 1.29 is 13.2 Å². The molecule has 11 heteroatoms. The molecule has 33 heavy (non-hydrogen) atoms. The summed E-state index contributed by atoms with van der Waals surface area (Å²) in [5.74, 6) is -0.288. The fourth-order valence-corrected chi connectivity index (χ4v) is 4.15. The molecule has 0 atom stereocenters. The number of nitrogens with two attached hydrogens (primary N) is 1. The molecule has 0 saturated carbocycles. The van der Waals surface area contributed by atoms with E-state index in [2.05, 4.69) is 15.8 Å². The minimum Gasteiger partial charge on any atom is -0.331 e. The quantitative estimate of drug-likeness (QED) is 0.366. The summed E-state index contributed by atoms with van der Waals surface area (Å²) in [4.78, 5) is 14.8. The van der Waals surface area contributed by atoms with Gasteiger partial charge in [-0.05, 0) is 60.2 Å². The van der Waals surface area contributed by atoms with E-state index in [1.165, 1.54) is 24.3 Å². The molecule has 3 aromatic carbocycles. The largest absolute Gasteiger partial charge is 0.331 e. The number of benzene rings is 3. The molecule has 1 amide bonds. The minimum atomic E-state index is -3.78. The molecule has 3 aromatic rings. The number of halogens is 1. The second kappa shape index (κ2) is 9.28. The second-order valence-electron chi connectivity index (χ2n) is 7.13. The number of fused-ring (bicyclic) bond motifs is 1. The Hall–Kier alpha value is -3.31. The van der Waals surface area contributed by atoms with Crippen molar-refractivity contribution in [3.05, 3.63) is 88.9 Å². The Labute approximate surface area is 201 Å². The van der Waals surface area contributed by atoms with Crippen LogP contribution < -0.4 is 20.8 Å². The fourth-order valence-electron chi connectivity index (χ4n) is 3.31. The van der Waals surface area contributed by atoms with E-state index in [9.17, 15) is 13.2 Å². The first kappa shape index (κ1) is 22.9. The summed E-state index contributed by atoms with van der Waals surface area (Å²) in [6.45, 7) is 0.366. The van der Waals surface area contributed by atoms with Gasteiger partial charge in [0.2, 0.25) is 10.0 Å². The highest BCUT2D eigenvalue weighted by Gasteiger charge is 2.34. The fraction of sp³-hybridized carbons (Fsp3) is 0.0455. The lowest BCUT2D eigenvalue weighted by atomic mass is 10.1. The van der Waals surface area contributed by atoms with E-state index in [1.54, 1.807) is 23.1 Å². The first-order valence-electron chi connectivity index (χ1n) is 9.65. The molecule has 4 rings (SSSR count). The van der Waals surface area contributed by atoms with E-state index in [-0.39, 0.29) is 21.6 Å². The van der Waals surface area contributed by atoms with E-state index < -0.39 is 10.0 Å². The third-order valence-electron chi connectivity index (χ3n) is 4.85. The van der Waals surface area contributed by atoms with Gasteiger partial charge in [0.15, 0.2) is 10.8 Å². The average molecular weight is 500 g/mol. The maximum Gasteiger partial charge on any atom is 0.279 e. The number of hydrazone groups is 1. The van der Waals surface area contributed by atoms with E-state index in [4.69, 9.17) is 29.0 Å². The van der Waals surface area contributed by atoms with Crippen LogP contribution in [0.25, 0.3) is 0 Å². The van der Waals surface area contributed by atoms with Gasteiger partial charge in [0.25, 0.3) is 5.91 Å². The number of rotatable bonds is 5. The van der Waals surface area contributed by atoms with Crippen LogP contribution in [0.4, 0.5) is 11.4 Å². The summed E-state index contributed by atoms with van der Waals surface area (Å²) in [5, 5.41) is 12.8. The number of nitrogens with zero attached hydrogens (tertiary/aromatic N) is 2. The zero-order chi connectivity index (χ0) is 23.6. The number of primary sulfonamides is 1. The number of nitrogens with one attached hydrogen (secondary N) is 2. The maximum absolute atomic E-state index is 13.2. The third kappa shape index (κ3) is 5.20. The van der Waals surface area contributed by atoms with Crippen molar-refractivity contribution in [3.63, 3.8) is 0 Å². The first-order chi connectivity index (χ1) is 15.7. The number of sulfonamides is 1. The van der Waals surface area contributed by atoms with Crippen LogP contribution in [0.2, 0.25) is 5.02 Å². The molecule has 0 unspecified atom stereocenters. The van der Waals surface area contributed by atoms with E-state index in [0.717, 1.165) is 5.56 Å². The SMILES string of the molecule is NS(=O)(=O)c1ccc(NC(=S)NN=C2C(=O)N(Cc3ccccc3)c3cc(Cl)ccc32)cc1. The second-order valence-corrected chi connectivity index (χ2v) is 9.54. The van der Waals surface area contributed by atoms with Crippen molar-refractivity contribution in [2.45, 2.75) is 11.4 Å². The molecule has 0 aliphatic carbocycles. The molecular weight excluding hydrogens is 482 g/mol. The highest BCUT2D eigenvalue weighted by molar-refractivity contribution is 7.89. The van der Waals surface area contributed by atoms with E-state index >= 15 is 0 Å². The Morgan fingerprint density at radius 1 is 1.06 bits per heavy atom. The number of anilines is 2. The van der Waals surface area contributed by atoms with Gasteiger partial charge in [-0.25, -0.2) is 13.6 Å². The highest BCUT2D eigenvalue weighted by atomic mass is 35.5. The predicted octanol–water partition coefficient (Wildman–Crippen LogP) is 3.22. The Balaban J connectivity index is 1.52. The van der Waals surface area contributed by atoms with Crippen molar-refractivity contribution in [2.75, 3.05) is 10.2 Å². The third-order valence-corrected chi connectivity index (χ3v) is 6.20. The monoisotopic (exact) mass is 499 g/mol. The molecule has 0 fully saturated rings. The first-order valence-corrected chi connectivity index (χ1v) is 12.0. The lowest BCUT2D eigenvalue weighted by Gasteiger charge is -2.17. The van der Waals surface area contributed by atoms with Crippen LogP contribution in [0.15, 0.2) is 82.8 Å². The van der Waals surface area contributed by atoms with Gasteiger partial charge < -0.3 is 10.2 Å². The van der Waals surface area contributed by atoms with Gasteiger partial charge in [0.05, 0.1) is 17.1 Å². The zero-order valence-corrected chi connectivity index (χ0v) is 19.4. The highest BCUT2D eigenvalue weighted by Crippen LogP contribution is 2.33. The molecule has 0 radical (unpaired) electrons. The molecule has 1 heterocycles. The number of amides is 1. The van der Waals surface area contributed by atoms with Crippen LogP contribution in [0.1, 0.15) is 11.1 Å². The van der Waals surface area contributed by atoms with Crippen LogP contribution in [0.3, 0.4) is 0 Å². The van der Waals surface area contributed by atoms with Gasteiger partial charge >= 0.3 is 0 Å². The van der Waals surface area contributed by atoms with Crippen molar-refractivity contribution in [1.82, 2.24) is 5.43 Å². The predicted molar refractivity (Wildman–Crippen MR) is 133 cm³/mol.